The summed E-state index contributed by atoms with van der Waals surface area (Å²) >= 11 is 1.45. The normalized spacial score (nSPS) is 14.3. The molecule has 2 heterocycles. The van der Waals surface area contributed by atoms with Crippen molar-refractivity contribution in [1.29, 1.82) is 0 Å². The van der Waals surface area contributed by atoms with E-state index in [1.54, 1.807) is 0 Å². The fourth-order valence-electron chi connectivity index (χ4n) is 3.97. The van der Waals surface area contributed by atoms with Crippen molar-refractivity contribution >= 4 is 17.5 Å². The Balaban J connectivity index is 1.47. The second kappa shape index (κ2) is 7.73. The van der Waals surface area contributed by atoms with E-state index in [4.69, 9.17) is 0 Å². The van der Waals surface area contributed by atoms with Crippen molar-refractivity contribution in [2.45, 2.75) is 64.1 Å². The summed E-state index contributed by atoms with van der Waals surface area (Å²) in [6.07, 6.45) is 2.44. The van der Waals surface area contributed by atoms with E-state index < -0.39 is 0 Å². The number of benzene rings is 1. The van der Waals surface area contributed by atoms with Crippen LogP contribution in [0.25, 0.3) is 11.4 Å². The lowest BCUT2D eigenvalue weighted by molar-refractivity contribution is 0.102. The highest BCUT2D eigenvalue weighted by Crippen LogP contribution is 2.38. The first-order valence-corrected chi connectivity index (χ1v) is 11.5. The molecule has 3 aromatic rings. The molecule has 2 aromatic heterocycles. The maximum absolute atomic E-state index is 12.9. The zero-order valence-electron chi connectivity index (χ0n) is 18.7. The zero-order valence-corrected chi connectivity index (χ0v) is 19.5. The summed E-state index contributed by atoms with van der Waals surface area (Å²) in [7, 11) is 1.96. The van der Waals surface area contributed by atoms with Gasteiger partial charge < -0.3 is 9.13 Å². The van der Waals surface area contributed by atoms with Gasteiger partial charge in [0.15, 0.2) is 16.8 Å². The number of carbonyl (C=O) groups is 1. The molecule has 0 atom stereocenters. The Morgan fingerprint density at radius 2 is 1.80 bits per heavy atom. The lowest BCUT2D eigenvalue weighted by Gasteiger charge is -2.19. The molecule has 0 unspecified atom stereocenters. The number of thioether (sulfide) groups is 1. The van der Waals surface area contributed by atoms with Crippen molar-refractivity contribution in [3.8, 4) is 11.4 Å². The summed E-state index contributed by atoms with van der Waals surface area (Å²) in [4.78, 5) is 12.9. The fraction of sp³-hybridized carbons (Fsp3) is 0.458. The van der Waals surface area contributed by atoms with Crippen LogP contribution in [0.1, 0.15) is 67.0 Å². The van der Waals surface area contributed by atoms with E-state index in [0.717, 1.165) is 27.8 Å². The van der Waals surface area contributed by atoms with E-state index in [1.807, 2.05) is 17.7 Å². The highest BCUT2D eigenvalue weighted by Gasteiger charge is 2.28. The molecule has 1 saturated carbocycles. The lowest BCUT2D eigenvalue weighted by Crippen LogP contribution is -2.10. The zero-order chi connectivity index (χ0) is 21.6. The van der Waals surface area contributed by atoms with Gasteiger partial charge in [0.05, 0.1) is 5.75 Å². The van der Waals surface area contributed by atoms with Crippen LogP contribution in [0, 0.1) is 13.8 Å². The number of hydrogen-bond acceptors (Lipinski definition) is 4. The highest BCUT2D eigenvalue weighted by molar-refractivity contribution is 7.99. The van der Waals surface area contributed by atoms with Gasteiger partial charge in [0.25, 0.3) is 0 Å². The third-order valence-electron chi connectivity index (χ3n) is 5.87. The Morgan fingerprint density at radius 1 is 1.13 bits per heavy atom. The second-order valence-corrected chi connectivity index (χ2v) is 10.2. The Bertz CT molecular complexity index is 1080. The number of Topliss-reactive ketones (excluding diaryl/α,β-unsaturated/α-hetero) is 1. The van der Waals surface area contributed by atoms with E-state index in [-0.39, 0.29) is 11.2 Å². The molecule has 0 aliphatic heterocycles. The summed E-state index contributed by atoms with van der Waals surface area (Å²) in [5.74, 6) is 1.33. The van der Waals surface area contributed by atoms with Gasteiger partial charge in [-0.15, -0.1) is 10.2 Å². The standard InChI is InChI=1S/C24H30N4OS/c1-15-13-20(16(2)28(15)19-11-12-19)21(29)14-30-23-26-25-22(27(23)6)17-7-9-18(10-8-17)24(3,4)5/h7-10,13,19H,11-12,14H2,1-6H3. The average molecular weight is 423 g/mol. The van der Waals surface area contributed by atoms with Gasteiger partial charge in [-0.3, -0.25) is 4.79 Å². The molecule has 4 rings (SSSR count). The van der Waals surface area contributed by atoms with Gasteiger partial charge in [0.2, 0.25) is 0 Å². The van der Waals surface area contributed by atoms with Gasteiger partial charge in [-0.2, -0.15) is 0 Å². The summed E-state index contributed by atoms with van der Waals surface area (Å²) < 4.78 is 4.29. The van der Waals surface area contributed by atoms with Crippen molar-refractivity contribution in [3.63, 3.8) is 0 Å². The number of hydrogen-bond donors (Lipinski definition) is 0. The molecule has 1 aliphatic rings. The molecule has 0 saturated heterocycles. The summed E-state index contributed by atoms with van der Waals surface area (Å²) in [6.45, 7) is 10.8. The predicted octanol–water partition coefficient (Wildman–Crippen LogP) is 5.51. The number of nitrogens with zero attached hydrogens (tertiary/aromatic N) is 4. The molecule has 1 aliphatic carbocycles. The SMILES string of the molecule is Cc1cc(C(=O)CSc2nnc(-c3ccc(C(C)(C)C)cc3)n2C)c(C)n1C1CC1. The van der Waals surface area contributed by atoms with E-state index >= 15 is 0 Å². The number of aromatic nitrogens is 4. The number of rotatable bonds is 6. The maximum atomic E-state index is 12.9. The average Bonchev–Trinajstić information content (AvgIpc) is 3.39. The molecule has 0 radical (unpaired) electrons. The van der Waals surface area contributed by atoms with Crippen LogP contribution in [-0.2, 0) is 12.5 Å². The van der Waals surface area contributed by atoms with Crippen LogP contribution in [0.5, 0.6) is 0 Å². The monoisotopic (exact) mass is 422 g/mol. The molecule has 0 N–H and O–H groups in total. The molecule has 158 valence electrons. The number of carbonyl (C=O) groups excluding carboxylic acids is 1. The predicted molar refractivity (Wildman–Crippen MR) is 122 cm³/mol. The van der Waals surface area contributed by atoms with Crippen LogP contribution >= 0.6 is 11.8 Å². The maximum Gasteiger partial charge on any atom is 0.191 e. The van der Waals surface area contributed by atoms with Gasteiger partial charge >= 0.3 is 0 Å². The summed E-state index contributed by atoms with van der Waals surface area (Å²) in [5, 5.41) is 9.46. The fourth-order valence-corrected chi connectivity index (χ4v) is 4.77. The Hall–Kier alpha value is -2.34. The Kier molecular flexibility index (Phi) is 5.39. The number of ketones is 1. The van der Waals surface area contributed by atoms with Crippen molar-refractivity contribution in [3.05, 3.63) is 52.8 Å². The first-order chi connectivity index (χ1) is 14.2. The topological polar surface area (TPSA) is 52.7 Å². The largest absolute Gasteiger partial charge is 0.345 e. The van der Waals surface area contributed by atoms with E-state index in [1.165, 1.54) is 35.9 Å². The minimum atomic E-state index is 0.120. The molecule has 1 aromatic carbocycles. The van der Waals surface area contributed by atoms with Crippen molar-refractivity contribution in [2.75, 3.05) is 5.75 Å². The van der Waals surface area contributed by atoms with Gasteiger partial charge in [0, 0.05) is 35.6 Å². The van der Waals surface area contributed by atoms with Crippen LogP contribution in [0.2, 0.25) is 0 Å². The quantitative estimate of drug-likeness (QED) is 0.388. The molecule has 5 nitrogen and oxygen atoms in total. The second-order valence-electron chi connectivity index (χ2n) is 9.29. The van der Waals surface area contributed by atoms with Gasteiger partial charge in [-0.05, 0) is 43.7 Å². The van der Waals surface area contributed by atoms with Crippen molar-refractivity contribution in [2.24, 2.45) is 7.05 Å². The number of aryl methyl sites for hydroxylation is 1. The summed E-state index contributed by atoms with van der Waals surface area (Å²) in [6, 6.07) is 11.1. The van der Waals surface area contributed by atoms with E-state index in [9.17, 15) is 4.79 Å². The summed E-state index contributed by atoms with van der Waals surface area (Å²) in [5.41, 5.74) is 5.56. The third-order valence-corrected chi connectivity index (χ3v) is 6.89. The van der Waals surface area contributed by atoms with Gasteiger partial charge in [-0.25, -0.2) is 0 Å². The van der Waals surface area contributed by atoms with Crippen molar-refractivity contribution < 1.29 is 4.79 Å². The Labute approximate surface area is 182 Å². The van der Waals surface area contributed by atoms with Crippen LogP contribution < -0.4 is 0 Å². The molecule has 0 amide bonds. The molecule has 0 bridgehead atoms. The van der Waals surface area contributed by atoms with Gasteiger partial charge in [-0.1, -0.05) is 56.8 Å². The molecule has 30 heavy (non-hydrogen) atoms. The molecule has 6 heteroatoms. The van der Waals surface area contributed by atoms with Crippen LogP contribution in [-0.4, -0.2) is 30.9 Å². The molecular formula is C24H30N4OS. The first kappa shape index (κ1) is 20.9. The minimum Gasteiger partial charge on any atom is -0.345 e. The van der Waals surface area contributed by atoms with Crippen LogP contribution in [0.4, 0.5) is 0 Å². The van der Waals surface area contributed by atoms with Crippen LogP contribution in [0.15, 0.2) is 35.5 Å². The molecule has 0 spiro atoms. The van der Waals surface area contributed by atoms with Gasteiger partial charge in [0.1, 0.15) is 0 Å². The third kappa shape index (κ3) is 3.97. The minimum absolute atomic E-state index is 0.120. The Morgan fingerprint density at radius 3 is 2.40 bits per heavy atom. The van der Waals surface area contributed by atoms with Crippen LogP contribution in [0.3, 0.4) is 0 Å². The van der Waals surface area contributed by atoms with E-state index in [2.05, 4.69) is 73.6 Å². The highest BCUT2D eigenvalue weighted by atomic mass is 32.2. The lowest BCUT2D eigenvalue weighted by atomic mass is 9.87. The molecule has 1 fully saturated rings. The molecular weight excluding hydrogens is 392 g/mol. The smallest absolute Gasteiger partial charge is 0.191 e. The van der Waals surface area contributed by atoms with E-state index in [0.29, 0.717) is 11.8 Å². The van der Waals surface area contributed by atoms with Crippen molar-refractivity contribution in [1.82, 2.24) is 19.3 Å². The first-order valence-electron chi connectivity index (χ1n) is 10.5.